The van der Waals surface area contributed by atoms with Crippen LogP contribution in [0, 0.1) is 11.8 Å². The fourth-order valence-corrected chi connectivity index (χ4v) is 2.24. The Morgan fingerprint density at radius 2 is 2.53 bits per heavy atom. The van der Waals surface area contributed by atoms with Gasteiger partial charge in [0.15, 0.2) is 0 Å². The second-order valence-electron chi connectivity index (χ2n) is 4.15. The van der Waals surface area contributed by atoms with E-state index in [1.807, 2.05) is 17.8 Å². The lowest BCUT2D eigenvalue weighted by Crippen LogP contribution is -2.31. The van der Waals surface area contributed by atoms with Gasteiger partial charge in [-0.15, -0.1) is 11.3 Å². The van der Waals surface area contributed by atoms with Crippen LogP contribution >= 0.6 is 11.3 Å². The summed E-state index contributed by atoms with van der Waals surface area (Å²) in [6, 6.07) is 0. The van der Waals surface area contributed by atoms with Gasteiger partial charge in [-0.1, -0.05) is 6.92 Å². The molecule has 1 atom stereocenters. The fourth-order valence-electron chi connectivity index (χ4n) is 1.65. The van der Waals surface area contributed by atoms with Gasteiger partial charge in [0.25, 0.3) is 0 Å². The van der Waals surface area contributed by atoms with Crippen molar-refractivity contribution in [1.82, 2.24) is 10.3 Å². The third kappa shape index (κ3) is 3.02. The molecule has 2 rings (SSSR count). The predicted octanol–water partition coefficient (Wildman–Crippen LogP) is 1.85. The molecule has 1 aromatic heterocycles. The second kappa shape index (κ2) is 4.75. The molecule has 1 saturated carbocycles. The van der Waals surface area contributed by atoms with Crippen molar-refractivity contribution in [2.45, 2.75) is 26.2 Å². The minimum Gasteiger partial charge on any atom is -0.355 e. The molecule has 0 spiro atoms. The molecule has 1 aromatic rings. The quantitative estimate of drug-likeness (QED) is 0.829. The molecule has 82 valence electrons. The molecule has 0 radical (unpaired) electrons. The van der Waals surface area contributed by atoms with Crippen LogP contribution < -0.4 is 5.32 Å². The molecule has 0 saturated heterocycles. The zero-order valence-electron chi connectivity index (χ0n) is 8.90. The Balaban J connectivity index is 1.67. The van der Waals surface area contributed by atoms with E-state index in [4.69, 9.17) is 0 Å². The molecule has 0 aromatic carbocycles. The Morgan fingerprint density at radius 3 is 3.13 bits per heavy atom. The number of hydrogen-bond donors (Lipinski definition) is 1. The second-order valence-corrected chi connectivity index (χ2v) is 4.87. The van der Waals surface area contributed by atoms with Crippen molar-refractivity contribution in [3.05, 3.63) is 16.6 Å². The molecule has 0 bridgehead atoms. The fraction of sp³-hybridized carbons (Fsp3) is 0.636. The molecule has 1 heterocycles. The number of hydrogen-bond acceptors (Lipinski definition) is 3. The first kappa shape index (κ1) is 10.6. The third-order valence-corrected chi connectivity index (χ3v) is 3.54. The highest BCUT2D eigenvalue weighted by molar-refractivity contribution is 7.07. The minimum absolute atomic E-state index is 0.195. The molecule has 3 nitrogen and oxygen atoms in total. The van der Waals surface area contributed by atoms with Crippen molar-refractivity contribution in [2.75, 3.05) is 6.54 Å². The molecule has 1 aliphatic rings. The molecule has 1 aliphatic carbocycles. The Kier molecular flexibility index (Phi) is 3.36. The standard InChI is InChI=1S/C11H16N2OS/c1-8(9-2-3-9)11(14)12-5-4-10-6-15-7-13-10/h6-9H,2-5H2,1H3,(H,12,14). The van der Waals surface area contributed by atoms with Crippen LogP contribution in [-0.2, 0) is 11.2 Å². The van der Waals surface area contributed by atoms with Crippen LogP contribution in [0.4, 0.5) is 0 Å². The summed E-state index contributed by atoms with van der Waals surface area (Å²) in [6.07, 6.45) is 3.29. The number of nitrogens with one attached hydrogen (secondary N) is 1. The smallest absolute Gasteiger partial charge is 0.223 e. The SMILES string of the molecule is CC(C(=O)NCCc1cscn1)C1CC1. The van der Waals surface area contributed by atoms with E-state index in [-0.39, 0.29) is 11.8 Å². The van der Waals surface area contributed by atoms with E-state index in [0.29, 0.717) is 12.5 Å². The number of aromatic nitrogens is 1. The summed E-state index contributed by atoms with van der Waals surface area (Å²) in [7, 11) is 0. The average Bonchev–Trinajstić information content (AvgIpc) is 2.96. The Bertz CT molecular complexity index is 319. The van der Waals surface area contributed by atoms with Crippen molar-refractivity contribution in [3.63, 3.8) is 0 Å². The maximum Gasteiger partial charge on any atom is 0.223 e. The van der Waals surface area contributed by atoms with E-state index in [1.165, 1.54) is 12.8 Å². The van der Waals surface area contributed by atoms with Gasteiger partial charge in [-0.05, 0) is 18.8 Å². The van der Waals surface area contributed by atoms with Crippen LogP contribution in [0.25, 0.3) is 0 Å². The largest absolute Gasteiger partial charge is 0.355 e. The summed E-state index contributed by atoms with van der Waals surface area (Å²) >= 11 is 1.60. The molecule has 4 heteroatoms. The third-order valence-electron chi connectivity index (χ3n) is 2.91. The summed E-state index contributed by atoms with van der Waals surface area (Å²) in [4.78, 5) is 15.8. The number of rotatable bonds is 5. The van der Waals surface area contributed by atoms with Crippen molar-refractivity contribution < 1.29 is 4.79 Å². The highest BCUT2D eigenvalue weighted by Gasteiger charge is 2.32. The predicted molar refractivity (Wildman–Crippen MR) is 60.7 cm³/mol. The summed E-state index contributed by atoms with van der Waals surface area (Å²) in [5.41, 5.74) is 2.89. The molecular weight excluding hydrogens is 208 g/mol. The number of carbonyl (C=O) groups is 1. The van der Waals surface area contributed by atoms with E-state index in [9.17, 15) is 4.79 Å². The van der Waals surface area contributed by atoms with Gasteiger partial charge >= 0.3 is 0 Å². The highest BCUT2D eigenvalue weighted by atomic mass is 32.1. The van der Waals surface area contributed by atoms with Crippen LogP contribution in [-0.4, -0.2) is 17.4 Å². The van der Waals surface area contributed by atoms with E-state index < -0.39 is 0 Å². The summed E-state index contributed by atoms with van der Waals surface area (Å²) < 4.78 is 0. The molecule has 1 amide bonds. The van der Waals surface area contributed by atoms with Crippen LogP contribution in [0.3, 0.4) is 0 Å². The molecule has 1 fully saturated rings. The minimum atomic E-state index is 0.195. The van der Waals surface area contributed by atoms with Crippen LogP contribution in [0.1, 0.15) is 25.5 Å². The normalized spacial score (nSPS) is 17.4. The maximum atomic E-state index is 11.6. The molecule has 15 heavy (non-hydrogen) atoms. The summed E-state index contributed by atoms with van der Waals surface area (Å²) in [5.74, 6) is 1.04. The lowest BCUT2D eigenvalue weighted by Gasteiger charge is -2.10. The van der Waals surface area contributed by atoms with E-state index in [0.717, 1.165) is 12.1 Å². The molecule has 1 unspecified atom stereocenters. The molecule has 0 aliphatic heterocycles. The molecule has 1 N–H and O–H groups in total. The number of thiazole rings is 1. The van der Waals surface area contributed by atoms with Gasteiger partial charge < -0.3 is 5.32 Å². The molecular formula is C11H16N2OS. The lowest BCUT2D eigenvalue weighted by atomic mass is 10.1. The first-order valence-electron chi connectivity index (χ1n) is 5.42. The lowest BCUT2D eigenvalue weighted by molar-refractivity contribution is -0.125. The van der Waals surface area contributed by atoms with Crippen molar-refractivity contribution >= 4 is 17.2 Å². The van der Waals surface area contributed by atoms with Gasteiger partial charge in [0, 0.05) is 24.3 Å². The van der Waals surface area contributed by atoms with Crippen LogP contribution in [0.5, 0.6) is 0 Å². The number of carbonyl (C=O) groups excluding carboxylic acids is 1. The number of amides is 1. The highest BCUT2D eigenvalue weighted by Crippen LogP contribution is 2.36. The van der Waals surface area contributed by atoms with Gasteiger partial charge in [0.2, 0.25) is 5.91 Å². The summed E-state index contributed by atoms with van der Waals surface area (Å²) in [5, 5.41) is 4.99. The van der Waals surface area contributed by atoms with Gasteiger partial charge in [0.05, 0.1) is 11.2 Å². The topological polar surface area (TPSA) is 42.0 Å². The average molecular weight is 224 g/mol. The van der Waals surface area contributed by atoms with Crippen LogP contribution in [0.15, 0.2) is 10.9 Å². The maximum absolute atomic E-state index is 11.6. The van der Waals surface area contributed by atoms with Gasteiger partial charge in [-0.2, -0.15) is 0 Å². The Morgan fingerprint density at radius 1 is 1.73 bits per heavy atom. The van der Waals surface area contributed by atoms with Gasteiger partial charge in [-0.3, -0.25) is 4.79 Å². The zero-order valence-corrected chi connectivity index (χ0v) is 9.72. The van der Waals surface area contributed by atoms with Crippen LogP contribution in [0.2, 0.25) is 0 Å². The van der Waals surface area contributed by atoms with E-state index >= 15 is 0 Å². The zero-order chi connectivity index (χ0) is 10.7. The number of nitrogens with zero attached hydrogens (tertiary/aromatic N) is 1. The van der Waals surface area contributed by atoms with Gasteiger partial charge in [-0.25, -0.2) is 4.98 Å². The van der Waals surface area contributed by atoms with Crippen molar-refractivity contribution in [1.29, 1.82) is 0 Å². The Labute approximate surface area is 93.9 Å². The van der Waals surface area contributed by atoms with Crippen molar-refractivity contribution in [2.24, 2.45) is 11.8 Å². The first-order chi connectivity index (χ1) is 7.27. The van der Waals surface area contributed by atoms with E-state index in [2.05, 4.69) is 10.3 Å². The summed E-state index contributed by atoms with van der Waals surface area (Å²) in [6.45, 7) is 2.73. The van der Waals surface area contributed by atoms with Crippen molar-refractivity contribution in [3.8, 4) is 0 Å². The first-order valence-corrected chi connectivity index (χ1v) is 6.36. The van der Waals surface area contributed by atoms with E-state index in [1.54, 1.807) is 11.3 Å². The monoisotopic (exact) mass is 224 g/mol. The Hall–Kier alpha value is -0.900. The van der Waals surface area contributed by atoms with Gasteiger partial charge in [0.1, 0.15) is 0 Å².